The van der Waals surface area contributed by atoms with E-state index in [2.05, 4.69) is 19.6 Å². The normalized spacial score (nSPS) is 10.5. The molecule has 0 aromatic rings. The summed E-state index contributed by atoms with van der Waals surface area (Å²) >= 11 is 0. The summed E-state index contributed by atoms with van der Waals surface area (Å²) in [7, 11) is -1.11. The van der Waals surface area contributed by atoms with Gasteiger partial charge < -0.3 is 4.74 Å². The number of nitrogens with zero attached hydrogens (tertiary/aromatic N) is 1. The number of hydrogen-bond donors (Lipinski definition) is 0. The van der Waals surface area contributed by atoms with Gasteiger partial charge in [-0.15, -0.1) is 0 Å². The highest BCUT2D eigenvalue weighted by atomic mass is 28.3. The molecular formula is C8H15NO2Si. The predicted octanol–water partition coefficient (Wildman–Crippen LogP) is 1.78. The number of nitriles is 1. The monoisotopic (exact) mass is 185 g/mol. The lowest BCUT2D eigenvalue weighted by molar-refractivity contribution is -0.141. The highest BCUT2D eigenvalue weighted by molar-refractivity contribution is 6.76. The van der Waals surface area contributed by atoms with Crippen LogP contribution in [-0.2, 0) is 9.53 Å². The second-order valence-electron chi connectivity index (χ2n) is 3.87. The number of carbonyl (C=O) groups excluding carboxylic acids is 1. The van der Waals surface area contributed by atoms with Crippen LogP contribution in [0.3, 0.4) is 0 Å². The Kier molecular flexibility index (Phi) is 4.60. The summed E-state index contributed by atoms with van der Waals surface area (Å²) in [5.41, 5.74) is 0. The average Bonchev–Trinajstić information content (AvgIpc) is 1.84. The van der Waals surface area contributed by atoms with E-state index in [1.807, 2.05) is 0 Å². The van der Waals surface area contributed by atoms with Crippen molar-refractivity contribution < 1.29 is 9.53 Å². The van der Waals surface area contributed by atoms with E-state index >= 15 is 0 Å². The number of esters is 1. The number of rotatable bonds is 4. The molecule has 3 nitrogen and oxygen atoms in total. The third kappa shape index (κ3) is 7.29. The van der Waals surface area contributed by atoms with Gasteiger partial charge in [-0.05, 0) is 6.04 Å². The molecule has 0 spiro atoms. The van der Waals surface area contributed by atoms with Crippen LogP contribution in [0.2, 0.25) is 25.7 Å². The molecule has 0 aliphatic heterocycles. The fourth-order valence-electron chi connectivity index (χ4n) is 0.587. The van der Waals surface area contributed by atoms with Crippen LogP contribution < -0.4 is 0 Å². The van der Waals surface area contributed by atoms with Crippen LogP contribution in [0.1, 0.15) is 6.42 Å². The first-order valence-electron chi connectivity index (χ1n) is 3.98. The maximum absolute atomic E-state index is 10.7. The van der Waals surface area contributed by atoms with Gasteiger partial charge in [-0.3, -0.25) is 4.79 Å². The Balaban J connectivity index is 3.45. The SMILES string of the molecule is C[Si](C)(C)CCOC(=O)CC#N. The first kappa shape index (κ1) is 11.2. The van der Waals surface area contributed by atoms with E-state index in [0.717, 1.165) is 6.04 Å². The van der Waals surface area contributed by atoms with E-state index in [0.29, 0.717) is 6.61 Å². The Labute approximate surface area is 74.3 Å². The third-order valence-corrected chi connectivity index (χ3v) is 3.04. The summed E-state index contributed by atoms with van der Waals surface area (Å²) < 4.78 is 4.83. The fourth-order valence-corrected chi connectivity index (χ4v) is 1.30. The second-order valence-corrected chi connectivity index (χ2v) is 9.49. The van der Waals surface area contributed by atoms with Crippen molar-refractivity contribution >= 4 is 14.0 Å². The molecule has 4 heteroatoms. The van der Waals surface area contributed by atoms with Crippen LogP contribution in [-0.4, -0.2) is 20.7 Å². The van der Waals surface area contributed by atoms with Gasteiger partial charge in [0.05, 0.1) is 12.7 Å². The van der Waals surface area contributed by atoms with E-state index in [1.54, 1.807) is 6.07 Å². The highest BCUT2D eigenvalue weighted by Crippen LogP contribution is 2.07. The van der Waals surface area contributed by atoms with Crippen molar-refractivity contribution in [1.82, 2.24) is 0 Å². The molecule has 0 amide bonds. The Morgan fingerprint density at radius 2 is 2.08 bits per heavy atom. The molecular weight excluding hydrogens is 170 g/mol. The molecule has 0 unspecified atom stereocenters. The number of ether oxygens (including phenoxy) is 1. The van der Waals surface area contributed by atoms with Crippen LogP contribution in [0.25, 0.3) is 0 Å². The zero-order valence-corrected chi connectivity index (χ0v) is 8.89. The lowest BCUT2D eigenvalue weighted by Gasteiger charge is -2.14. The molecule has 0 atom stereocenters. The quantitative estimate of drug-likeness (QED) is 0.495. The molecule has 0 aliphatic rings. The van der Waals surface area contributed by atoms with Crippen molar-refractivity contribution in [1.29, 1.82) is 5.26 Å². The maximum atomic E-state index is 10.7. The Morgan fingerprint density at radius 1 is 1.50 bits per heavy atom. The molecule has 0 rings (SSSR count). The van der Waals surface area contributed by atoms with Crippen LogP contribution in [0.4, 0.5) is 0 Å². The minimum atomic E-state index is -1.11. The first-order valence-corrected chi connectivity index (χ1v) is 7.69. The third-order valence-electron chi connectivity index (χ3n) is 1.34. The van der Waals surface area contributed by atoms with Gasteiger partial charge in [0.2, 0.25) is 0 Å². The molecule has 0 heterocycles. The molecule has 0 N–H and O–H groups in total. The molecule has 68 valence electrons. The van der Waals surface area contributed by atoms with Crippen molar-refractivity contribution in [2.24, 2.45) is 0 Å². The minimum Gasteiger partial charge on any atom is -0.465 e. The second kappa shape index (κ2) is 4.94. The Bertz CT molecular complexity index is 190. The molecule has 0 aromatic heterocycles. The topological polar surface area (TPSA) is 50.1 Å². The summed E-state index contributed by atoms with van der Waals surface area (Å²) in [4.78, 5) is 10.7. The molecule has 0 aromatic carbocycles. The molecule has 12 heavy (non-hydrogen) atoms. The van der Waals surface area contributed by atoms with Gasteiger partial charge in [0.15, 0.2) is 0 Å². The van der Waals surface area contributed by atoms with Crippen molar-refractivity contribution in [3.8, 4) is 6.07 Å². The lowest BCUT2D eigenvalue weighted by Crippen LogP contribution is -2.22. The first-order chi connectivity index (χ1) is 5.45. The van der Waals surface area contributed by atoms with Gasteiger partial charge in [-0.1, -0.05) is 19.6 Å². The van der Waals surface area contributed by atoms with Gasteiger partial charge >= 0.3 is 5.97 Å². The zero-order chi connectivity index (χ0) is 9.61. The summed E-state index contributed by atoms with van der Waals surface area (Å²) in [6.45, 7) is 7.11. The molecule has 0 saturated heterocycles. The largest absolute Gasteiger partial charge is 0.465 e. The summed E-state index contributed by atoms with van der Waals surface area (Å²) in [6, 6.07) is 2.71. The van der Waals surface area contributed by atoms with E-state index in [1.165, 1.54) is 0 Å². The maximum Gasteiger partial charge on any atom is 0.320 e. The molecule has 0 fully saturated rings. The summed E-state index contributed by atoms with van der Waals surface area (Å²) in [5.74, 6) is -0.407. The zero-order valence-electron chi connectivity index (χ0n) is 7.89. The van der Waals surface area contributed by atoms with Crippen LogP contribution in [0.15, 0.2) is 0 Å². The summed E-state index contributed by atoms with van der Waals surface area (Å²) in [6.07, 6.45) is -0.133. The van der Waals surface area contributed by atoms with Crippen molar-refractivity contribution in [3.63, 3.8) is 0 Å². The van der Waals surface area contributed by atoms with Crippen molar-refractivity contribution in [2.45, 2.75) is 32.1 Å². The van der Waals surface area contributed by atoms with Gasteiger partial charge in [0.25, 0.3) is 0 Å². The van der Waals surface area contributed by atoms with Crippen LogP contribution in [0.5, 0.6) is 0 Å². The molecule has 0 radical (unpaired) electrons. The average molecular weight is 185 g/mol. The van der Waals surface area contributed by atoms with Gasteiger partial charge in [0, 0.05) is 8.07 Å². The van der Waals surface area contributed by atoms with Gasteiger partial charge in [0.1, 0.15) is 6.42 Å². The minimum absolute atomic E-state index is 0.133. The number of hydrogen-bond acceptors (Lipinski definition) is 3. The van der Waals surface area contributed by atoms with E-state index < -0.39 is 14.0 Å². The van der Waals surface area contributed by atoms with Crippen molar-refractivity contribution in [3.05, 3.63) is 0 Å². The van der Waals surface area contributed by atoms with E-state index in [9.17, 15) is 4.79 Å². The number of carbonyl (C=O) groups is 1. The van der Waals surface area contributed by atoms with Crippen LogP contribution >= 0.6 is 0 Å². The van der Waals surface area contributed by atoms with E-state index in [4.69, 9.17) is 10.00 Å². The molecule has 0 bridgehead atoms. The van der Waals surface area contributed by atoms with Gasteiger partial charge in [-0.2, -0.15) is 5.26 Å². The predicted molar refractivity (Wildman–Crippen MR) is 49.3 cm³/mol. The Morgan fingerprint density at radius 3 is 2.50 bits per heavy atom. The smallest absolute Gasteiger partial charge is 0.320 e. The van der Waals surface area contributed by atoms with Crippen LogP contribution in [0, 0.1) is 11.3 Å². The highest BCUT2D eigenvalue weighted by Gasteiger charge is 2.13. The van der Waals surface area contributed by atoms with Gasteiger partial charge in [-0.25, -0.2) is 0 Å². The standard InChI is InChI=1S/C8H15NO2Si/c1-12(2,3)7-6-11-8(10)4-5-9/h4,6-7H2,1-3H3. The lowest BCUT2D eigenvalue weighted by atomic mass is 10.5. The Hall–Kier alpha value is -0.823. The van der Waals surface area contributed by atoms with E-state index in [-0.39, 0.29) is 6.42 Å². The molecule has 0 aliphatic carbocycles. The summed E-state index contributed by atoms with van der Waals surface area (Å²) in [5, 5.41) is 8.15. The fraction of sp³-hybridized carbons (Fsp3) is 0.750. The van der Waals surface area contributed by atoms with Crippen molar-refractivity contribution in [2.75, 3.05) is 6.61 Å². The molecule has 0 saturated carbocycles.